The van der Waals surface area contributed by atoms with Crippen LogP contribution in [0.25, 0.3) is 11.3 Å². The molecule has 1 fully saturated rings. The number of nitrogens with one attached hydrogen (secondary N) is 1. The lowest BCUT2D eigenvalue weighted by Gasteiger charge is -2.26. The molecule has 1 aliphatic rings. The number of pyridine rings is 1. The van der Waals surface area contributed by atoms with Crippen molar-refractivity contribution in [2.45, 2.75) is 32.8 Å². The van der Waals surface area contributed by atoms with E-state index in [1.165, 1.54) is 0 Å². The molecule has 2 N–H and O–H groups in total. The molecule has 4 heterocycles. The number of aryl methyl sites for hydroxylation is 2. The molecule has 162 valence electrons. The SMILES string of the molecule is Cc1nnc(N2CC[C@@H](C(C)(C)O)C2)cc1NC(=O)c1cccc(-c2cnn(C)c2)n1. The van der Waals surface area contributed by atoms with Crippen molar-refractivity contribution in [2.75, 3.05) is 23.3 Å². The number of rotatable bonds is 5. The van der Waals surface area contributed by atoms with Crippen LogP contribution in [0.15, 0.2) is 36.7 Å². The number of hydrogen-bond acceptors (Lipinski definition) is 7. The van der Waals surface area contributed by atoms with E-state index in [1.54, 1.807) is 29.9 Å². The zero-order valence-corrected chi connectivity index (χ0v) is 18.2. The fourth-order valence-electron chi connectivity index (χ4n) is 3.73. The molecule has 0 aromatic carbocycles. The molecule has 0 unspecified atom stereocenters. The largest absolute Gasteiger partial charge is 0.390 e. The van der Waals surface area contributed by atoms with Crippen LogP contribution in [-0.2, 0) is 7.05 Å². The predicted octanol–water partition coefficient (Wildman–Crippen LogP) is 2.43. The van der Waals surface area contributed by atoms with Crippen molar-refractivity contribution >= 4 is 17.4 Å². The molecule has 1 aliphatic heterocycles. The van der Waals surface area contributed by atoms with Crippen LogP contribution < -0.4 is 10.2 Å². The summed E-state index contributed by atoms with van der Waals surface area (Å²) in [6.07, 6.45) is 4.44. The van der Waals surface area contributed by atoms with Crippen molar-refractivity contribution in [1.82, 2.24) is 25.0 Å². The number of carbonyl (C=O) groups excluding carboxylic acids is 1. The van der Waals surface area contributed by atoms with Crippen molar-refractivity contribution in [3.05, 3.63) is 48.0 Å². The summed E-state index contributed by atoms with van der Waals surface area (Å²) < 4.78 is 1.69. The lowest BCUT2D eigenvalue weighted by molar-refractivity contribution is 0.0263. The summed E-state index contributed by atoms with van der Waals surface area (Å²) in [6.45, 7) is 6.95. The van der Waals surface area contributed by atoms with E-state index < -0.39 is 5.60 Å². The van der Waals surface area contributed by atoms with E-state index in [2.05, 4.69) is 30.5 Å². The van der Waals surface area contributed by atoms with E-state index >= 15 is 0 Å². The first-order chi connectivity index (χ1) is 14.7. The number of anilines is 2. The van der Waals surface area contributed by atoms with Crippen LogP contribution in [0, 0.1) is 12.8 Å². The fraction of sp³-hybridized carbons (Fsp3) is 0.409. The number of aromatic nitrogens is 5. The molecule has 0 radical (unpaired) electrons. The maximum absolute atomic E-state index is 12.9. The van der Waals surface area contributed by atoms with Crippen molar-refractivity contribution in [2.24, 2.45) is 13.0 Å². The molecule has 1 atom stereocenters. The van der Waals surface area contributed by atoms with Crippen LogP contribution in [0.4, 0.5) is 11.5 Å². The Balaban J connectivity index is 1.52. The van der Waals surface area contributed by atoms with Crippen LogP contribution in [-0.4, -0.2) is 54.7 Å². The Hall–Kier alpha value is -3.33. The van der Waals surface area contributed by atoms with Gasteiger partial charge in [0, 0.05) is 43.9 Å². The second-order valence-corrected chi connectivity index (χ2v) is 8.55. The average molecular weight is 422 g/mol. The zero-order valence-electron chi connectivity index (χ0n) is 18.2. The number of hydrogen-bond donors (Lipinski definition) is 2. The molecule has 0 aliphatic carbocycles. The Morgan fingerprint density at radius 3 is 2.77 bits per heavy atom. The number of nitrogens with zero attached hydrogens (tertiary/aromatic N) is 6. The molecule has 31 heavy (non-hydrogen) atoms. The highest BCUT2D eigenvalue weighted by Crippen LogP contribution is 2.30. The fourth-order valence-corrected chi connectivity index (χ4v) is 3.73. The van der Waals surface area contributed by atoms with Crippen LogP contribution in [0.1, 0.15) is 36.5 Å². The highest BCUT2D eigenvalue weighted by Gasteiger charge is 2.34. The average Bonchev–Trinajstić information content (AvgIpc) is 3.39. The Labute approximate surface area is 181 Å². The van der Waals surface area contributed by atoms with Gasteiger partial charge in [-0.05, 0) is 39.3 Å². The summed E-state index contributed by atoms with van der Waals surface area (Å²) in [6, 6.07) is 7.15. The van der Waals surface area contributed by atoms with Crippen LogP contribution in [0.2, 0.25) is 0 Å². The Bertz CT molecular complexity index is 1100. The predicted molar refractivity (Wildman–Crippen MR) is 118 cm³/mol. The molecular weight excluding hydrogens is 394 g/mol. The second kappa shape index (κ2) is 8.07. The number of aliphatic hydroxyl groups is 1. The van der Waals surface area contributed by atoms with E-state index in [1.807, 2.05) is 39.2 Å². The van der Waals surface area contributed by atoms with Crippen LogP contribution >= 0.6 is 0 Å². The van der Waals surface area contributed by atoms with Crippen molar-refractivity contribution < 1.29 is 9.90 Å². The molecule has 1 amide bonds. The quantitative estimate of drug-likeness (QED) is 0.651. The second-order valence-electron chi connectivity index (χ2n) is 8.55. The lowest BCUT2D eigenvalue weighted by Crippen LogP contribution is -2.33. The molecule has 0 saturated carbocycles. The molecule has 0 bridgehead atoms. The summed E-state index contributed by atoms with van der Waals surface area (Å²) in [5.74, 6) is 0.529. The topological polar surface area (TPSA) is 109 Å². The summed E-state index contributed by atoms with van der Waals surface area (Å²) in [7, 11) is 1.83. The van der Waals surface area contributed by atoms with Gasteiger partial charge < -0.3 is 15.3 Å². The van der Waals surface area contributed by atoms with E-state index in [-0.39, 0.29) is 11.8 Å². The van der Waals surface area contributed by atoms with Crippen molar-refractivity contribution in [3.63, 3.8) is 0 Å². The first-order valence-corrected chi connectivity index (χ1v) is 10.3. The summed E-state index contributed by atoms with van der Waals surface area (Å²) in [5.41, 5.74) is 2.31. The Morgan fingerprint density at radius 2 is 2.10 bits per heavy atom. The maximum Gasteiger partial charge on any atom is 0.274 e. The van der Waals surface area contributed by atoms with Gasteiger partial charge in [0.2, 0.25) is 0 Å². The van der Waals surface area contributed by atoms with Gasteiger partial charge >= 0.3 is 0 Å². The van der Waals surface area contributed by atoms with Crippen LogP contribution in [0.5, 0.6) is 0 Å². The third-order valence-corrected chi connectivity index (χ3v) is 5.71. The van der Waals surface area contributed by atoms with Crippen LogP contribution in [0.3, 0.4) is 0 Å². The summed E-state index contributed by atoms with van der Waals surface area (Å²) in [5, 5.41) is 25.9. The number of carbonyl (C=O) groups is 1. The van der Waals surface area contributed by atoms with Crippen molar-refractivity contribution in [3.8, 4) is 11.3 Å². The van der Waals surface area contributed by atoms with Gasteiger partial charge in [0.25, 0.3) is 5.91 Å². The zero-order chi connectivity index (χ0) is 22.2. The molecule has 3 aromatic rings. The molecule has 1 saturated heterocycles. The van der Waals surface area contributed by atoms with Gasteiger partial charge in [-0.15, -0.1) is 5.10 Å². The van der Waals surface area contributed by atoms with Gasteiger partial charge in [-0.1, -0.05) is 6.07 Å². The molecular formula is C22H27N7O2. The first-order valence-electron chi connectivity index (χ1n) is 10.3. The van der Waals surface area contributed by atoms with Gasteiger partial charge in [-0.2, -0.15) is 10.2 Å². The van der Waals surface area contributed by atoms with E-state index in [4.69, 9.17) is 0 Å². The minimum atomic E-state index is -0.741. The van der Waals surface area contributed by atoms with E-state index in [0.29, 0.717) is 35.1 Å². The number of amides is 1. The van der Waals surface area contributed by atoms with Gasteiger partial charge in [0.15, 0.2) is 5.82 Å². The Kier molecular flexibility index (Phi) is 5.45. The normalized spacial score (nSPS) is 16.5. The monoisotopic (exact) mass is 421 g/mol. The smallest absolute Gasteiger partial charge is 0.274 e. The van der Waals surface area contributed by atoms with Gasteiger partial charge in [0.05, 0.1) is 28.9 Å². The minimum absolute atomic E-state index is 0.160. The molecule has 9 nitrogen and oxygen atoms in total. The van der Waals surface area contributed by atoms with E-state index in [9.17, 15) is 9.90 Å². The van der Waals surface area contributed by atoms with Gasteiger partial charge in [-0.3, -0.25) is 9.48 Å². The Morgan fingerprint density at radius 1 is 1.29 bits per heavy atom. The third-order valence-electron chi connectivity index (χ3n) is 5.71. The first kappa shape index (κ1) is 20.9. The summed E-state index contributed by atoms with van der Waals surface area (Å²) in [4.78, 5) is 19.5. The van der Waals surface area contributed by atoms with E-state index in [0.717, 1.165) is 18.5 Å². The van der Waals surface area contributed by atoms with Gasteiger partial charge in [0.1, 0.15) is 5.69 Å². The molecule has 0 spiro atoms. The van der Waals surface area contributed by atoms with Gasteiger partial charge in [-0.25, -0.2) is 4.98 Å². The summed E-state index contributed by atoms with van der Waals surface area (Å²) >= 11 is 0. The highest BCUT2D eigenvalue weighted by molar-refractivity contribution is 6.03. The molecule has 4 rings (SSSR count). The minimum Gasteiger partial charge on any atom is -0.390 e. The maximum atomic E-state index is 12.9. The van der Waals surface area contributed by atoms with Crippen molar-refractivity contribution in [1.29, 1.82) is 0 Å². The standard InChI is InChI=1S/C22H27N7O2/c1-14-19(10-20(27-26-14)29-9-8-16(13-29)22(2,3)31)25-21(30)18-7-5-6-17(24-18)15-11-23-28(4)12-15/h5-7,10-12,16,31H,8-9,13H2,1-4H3,(H,25,27,30)/t16-/m1/s1. The lowest BCUT2D eigenvalue weighted by atomic mass is 9.90. The third kappa shape index (κ3) is 4.56. The molecule has 3 aromatic heterocycles. The highest BCUT2D eigenvalue weighted by atomic mass is 16.3. The molecule has 9 heteroatoms.